The van der Waals surface area contributed by atoms with Gasteiger partial charge in [-0.2, -0.15) is 4.37 Å². The van der Waals surface area contributed by atoms with Gasteiger partial charge in [0.1, 0.15) is 16.7 Å². The molecule has 2 N–H and O–H groups in total. The first-order valence-electron chi connectivity index (χ1n) is 6.41. The van der Waals surface area contributed by atoms with Crippen molar-refractivity contribution in [3.05, 3.63) is 11.3 Å². The van der Waals surface area contributed by atoms with Gasteiger partial charge < -0.3 is 10.5 Å². The van der Waals surface area contributed by atoms with Gasteiger partial charge >= 0.3 is 5.97 Å². The van der Waals surface area contributed by atoms with E-state index in [9.17, 15) is 4.79 Å². The fraction of sp³-hybridized carbons (Fsp3) is 0.692. The van der Waals surface area contributed by atoms with E-state index in [1.807, 2.05) is 0 Å². The Hall–Kier alpha value is -1.10. The van der Waals surface area contributed by atoms with Crippen molar-refractivity contribution in [3.8, 4) is 0 Å². The number of nitrogen functional groups attached to an aromatic ring is 1. The molecule has 0 spiro atoms. The number of nitrogens with zero attached hydrogens (tertiary/aromatic N) is 1. The van der Waals surface area contributed by atoms with Crippen LogP contribution in [0.25, 0.3) is 0 Å². The predicted octanol–water partition coefficient (Wildman–Crippen LogP) is 3.02. The third-order valence-corrected chi connectivity index (χ3v) is 4.68. The second-order valence-electron chi connectivity index (χ2n) is 5.30. The Bertz CT molecular complexity index is 425. The molecule has 2 rings (SSSR count). The molecule has 1 fully saturated rings. The molecule has 100 valence electrons. The summed E-state index contributed by atoms with van der Waals surface area (Å²) < 4.78 is 9.64. The lowest BCUT2D eigenvalue weighted by Crippen LogP contribution is -2.29. The molecule has 1 aliphatic carbocycles. The Morgan fingerprint density at radius 3 is 2.67 bits per heavy atom. The minimum Gasteiger partial charge on any atom is -0.459 e. The highest BCUT2D eigenvalue weighted by molar-refractivity contribution is 7.10. The minimum absolute atomic E-state index is 0.0300. The van der Waals surface area contributed by atoms with E-state index >= 15 is 0 Å². The molecule has 1 aromatic rings. The molecule has 0 aliphatic heterocycles. The first-order chi connectivity index (χ1) is 8.49. The zero-order valence-corrected chi connectivity index (χ0v) is 11.9. The fourth-order valence-electron chi connectivity index (χ4n) is 2.45. The van der Waals surface area contributed by atoms with Crippen molar-refractivity contribution >= 4 is 22.5 Å². The standard InChI is InChI=1S/C13H20N2O2S/c1-7-4-5-10(6-8(7)2)17-13(16)11-9(3)15-18-12(11)14/h7-8,10H,4-6,14H2,1-3H3. The molecule has 18 heavy (non-hydrogen) atoms. The van der Waals surface area contributed by atoms with E-state index in [4.69, 9.17) is 10.5 Å². The minimum atomic E-state index is -0.314. The lowest BCUT2D eigenvalue weighted by Gasteiger charge is -2.31. The van der Waals surface area contributed by atoms with Crippen LogP contribution < -0.4 is 5.73 Å². The normalized spacial score (nSPS) is 28.1. The molecule has 1 heterocycles. The van der Waals surface area contributed by atoms with Crippen molar-refractivity contribution in [2.24, 2.45) is 11.8 Å². The number of esters is 1. The summed E-state index contributed by atoms with van der Waals surface area (Å²) in [7, 11) is 0. The van der Waals surface area contributed by atoms with E-state index in [1.54, 1.807) is 6.92 Å². The average Bonchev–Trinajstić information content (AvgIpc) is 2.64. The second kappa shape index (κ2) is 5.26. The predicted molar refractivity (Wildman–Crippen MR) is 72.6 cm³/mol. The number of nitrogens with two attached hydrogens (primary N) is 1. The molecule has 3 atom stereocenters. The Morgan fingerprint density at radius 2 is 2.11 bits per heavy atom. The number of carbonyl (C=O) groups is 1. The lowest BCUT2D eigenvalue weighted by atomic mass is 9.80. The van der Waals surface area contributed by atoms with Gasteiger partial charge in [0, 0.05) is 0 Å². The van der Waals surface area contributed by atoms with E-state index in [1.165, 1.54) is 0 Å². The number of carbonyl (C=O) groups excluding carboxylic acids is 1. The third kappa shape index (κ3) is 2.66. The highest BCUT2D eigenvalue weighted by atomic mass is 32.1. The van der Waals surface area contributed by atoms with Crippen molar-refractivity contribution in [3.63, 3.8) is 0 Å². The van der Waals surface area contributed by atoms with Gasteiger partial charge in [0.2, 0.25) is 0 Å². The fourth-order valence-corrected chi connectivity index (χ4v) is 3.10. The first-order valence-corrected chi connectivity index (χ1v) is 7.19. The van der Waals surface area contributed by atoms with Crippen molar-refractivity contribution in [1.29, 1.82) is 0 Å². The van der Waals surface area contributed by atoms with Crippen molar-refractivity contribution in [1.82, 2.24) is 4.37 Å². The molecule has 0 amide bonds. The second-order valence-corrected chi connectivity index (χ2v) is 6.11. The Morgan fingerprint density at radius 1 is 1.39 bits per heavy atom. The molecule has 4 nitrogen and oxygen atoms in total. The number of ether oxygens (including phenoxy) is 1. The van der Waals surface area contributed by atoms with Gasteiger partial charge in [-0.3, -0.25) is 0 Å². The summed E-state index contributed by atoms with van der Waals surface area (Å²) in [5.41, 5.74) is 6.87. The van der Waals surface area contributed by atoms with Crippen molar-refractivity contribution < 1.29 is 9.53 Å². The maximum atomic E-state index is 12.1. The molecular formula is C13H20N2O2S. The number of rotatable bonds is 2. The summed E-state index contributed by atoms with van der Waals surface area (Å²) in [6.07, 6.45) is 3.05. The van der Waals surface area contributed by atoms with Crippen LogP contribution in [0.2, 0.25) is 0 Å². The third-order valence-electron chi connectivity index (χ3n) is 3.92. The van der Waals surface area contributed by atoms with Gasteiger partial charge in [-0.25, -0.2) is 4.79 Å². The summed E-state index contributed by atoms with van der Waals surface area (Å²) in [5, 5.41) is 0.453. The zero-order chi connectivity index (χ0) is 13.3. The molecule has 3 unspecified atom stereocenters. The number of anilines is 1. The quantitative estimate of drug-likeness (QED) is 0.837. The Labute approximate surface area is 112 Å². The van der Waals surface area contributed by atoms with E-state index in [-0.39, 0.29) is 12.1 Å². The molecule has 5 heteroatoms. The van der Waals surface area contributed by atoms with E-state index in [2.05, 4.69) is 18.2 Å². The highest BCUT2D eigenvalue weighted by Gasteiger charge is 2.28. The van der Waals surface area contributed by atoms with Crippen LogP contribution in [0.4, 0.5) is 5.00 Å². The number of aromatic nitrogens is 1. The monoisotopic (exact) mass is 268 g/mol. The van der Waals surface area contributed by atoms with Crippen molar-refractivity contribution in [2.45, 2.75) is 46.1 Å². The first kappa shape index (κ1) is 13.3. The summed E-state index contributed by atoms with van der Waals surface area (Å²) in [6.45, 7) is 6.26. The summed E-state index contributed by atoms with van der Waals surface area (Å²) in [5.74, 6) is 1.01. The molecule has 0 bridgehead atoms. The van der Waals surface area contributed by atoms with Gasteiger partial charge in [-0.1, -0.05) is 13.8 Å². The van der Waals surface area contributed by atoms with Gasteiger partial charge in [-0.05, 0) is 49.6 Å². The SMILES string of the molecule is Cc1nsc(N)c1C(=O)OC1CCC(C)C(C)C1. The van der Waals surface area contributed by atoms with Crippen LogP contribution >= 0.6 is 11.5 Å². The summed E-state index contributed by atoms with van der Waals surface area (Å²) in [4.78, 5) is 12.1. The maximum absolute atomic E-state index is 12.1. The Balaban J connectivity index is 2.00. The number of hydrogen-bond acceptors (Lipinski definition) is 5. The van der Waals surface area contributed by atoms with Crippen LogP contribution in [0.3, 0.4) is 0 Å². The van der Waals surface area contributed by atoms with E-state index in [0.717, 1.165) is 36.7 Å². The lowest BCUT2D eigenvalue weighted by molar-refractivity contribution is 0.00885. The number of hydrogen-bond donors (Lipinski definition) is 1. The van der Waals surface area contributed by atoms with Crippen molar-refractivity contribution in [2.75, 3.05) is 5.73 Å². The number of aryl methyl sites for hydroxylation is 1. The van der Waals surface area contributed by atoms with E-state index < -0.39 is 0 Å². The molecular weight excluding hydrogens is 248 g/mol. The topological polar surface area (TPSA) is 65.2 Å². The molecule has 1 aromatic heterocycles. The largest absolute Gasteiger partial charge is 0.459 e. The van der Waals surface area contributed by atoms with Crippen LogP contribution in [-0.2, 0) is 4.74 Å². The van der Waals surface area contributed by atoms with Gasteiger partial charge in [0.15, 0.2) is 0 Å². The molecule has 0 saturated heterocycles. The maximum Gasteiger partial charge on any atom is 0.343 e. The summed E-state index contributed by atoms with van der Waals surface area (Å²) >= 11 is 1.15. The molecule has 1 aliphatic rings. The molecule has 1 saturated carbocycles. The average molecular weight is 268 g/mol. The van der Waals surface area contributed by atoms with E-state index in [0.29, 0.717) is 22.2 Å². The summed E-state index contributed by atoms with van der Waals surface area (Å²) in [6, 6.07) is 0. The highest BCUT2D eigenvalue weighted by Crippen LogP contribution is 2.32. The molecule has 0 aromatic carbocycles. The van der Waals surface area contributed by atoms with Crippen LogP contribution in [0.15, 0.2) is 0 Å². The van der Waals surface area contributed by atoms with Crippen LogP contribution in [0.5, 0.6) is 0 Å². The van der Waals surface area contributed by atoms with Gasteiger partial charge in [0.05, 0.1) is 5.69 Å². The van der Waals surface area contributed by atoms with Crippen LogP contribution in [-0.4, -0.2) is 16.4 Å². The van der Waals surface area contributed by atoms with Crippen LogP contribution in [0.1, 0.15) is 49.2 Å². The smallest absolute Gasteiger partial charge is 0.343 e. The van der Waals surface area contributed by atoms with Crippen LogP contribution in [0, 0.1) is 18.8 Å². The van der Waals surface area contributed by atoms with Gasteiger partial charge in [-0.15, -0.1) is 0 Å². The zero-order valence-electron chi connectivity index (χ0n) is 11.1. The Kier molecular flexibility index (Phi) is 3.90. The van der Waals surface area contributed by atoms with Gasteiger partial charge in [0.25, 0.3) is 0 Å². The molecule has 0 radical (unpaired) electrons.